The maximum Gasteiger partial charge on any atom is 0.337 e. The molecule has 1 aromatic carbocycles. The largest absolute Gasteiger partial charge is 0.465 e. The molecule has 0 aromatic heterocycles. The predicted molar refractivity (Wildman–Crippen MR) is 73.1 cm³/mol. The van der Waals surface area contributed by atoms with Crippen molar-refractivity contribution in [3.63, 3.8) is 0 Å². The number of carbonyl (C=O) groups is 2. The van der Waals surface area contributed by atoms with Crippen LogP contribution in [0.4, 0.5) is 0 Å². The van der Waals surface area contributed by atoms with Crippen LogP contribution in [-0.2, 0) is 16.0 Å². The highest BCUT2D eigenvalue weighted by Gasteiger charge is 2.21. The van der Waals surface area contributed by atoms with E-state index in [4.69, 9.17) is 0 Å². The molecule has 0 N–H and O–H groups in total. The van der Waals surface area contributed by atoms with Gasteiger partial charge in [0.05, 0.1) is 12.7 Å². The summed E-state index contributed by atoms with van der Waals surface area (Å²) in [5.41, 5.74) is 1.74. The van der Waals surface area contributed by atoms with Crippen LogP contribution in [0.1, 0.15) is 48.0 Å². The highest BCUT2D eigenvalue weighted by atomic mass is 16.5. The molecule has 1 aromatic rings. The molecule has 102 valence electrons. The molecule has 0 radical (unpaired) electrons. The Kier molecular flexibility index (Phi) is 4.72. The first kappa shape index (κ1) is 13.8. The van der Waals surface area contributed by atoms with Crippen LogP contribution in [0.5, 0.6) is 0 Å². The zero-order valence-electron chi connectivity index (χ0n) is 11.4. The maximum absolute atomic E-state index is 11.7. The lowest BCUT2D eigenvalue weighted by molar-refractivity contribution is -0.124. The van der Waals surface area contributed by atoms with E-state index in [0.29, 0.717) is 11.3 Å². The molecule has 2 rings (SSSR count). The monoisotopic (exact) mass is 260 g/mol. The molecular formula is C16H20O3. The van der Waals surface area contributed by atoms with Crippen molar-refractivity contribution in [2.45, 2.75) is 38.5 Å². The van der Waals surface area contributed by atoms with Gasteiger partial charge in [0.2, 0.25) is 0 Å². The van der Waals surface area contributed by atoms with Crippen molar-refractivity contribution < 1.29 is 14.3 Å². The molecule has 0 spiro atoms. The van der Waals surface area contributed by atoms with Gasteiger partial charge in [-0.15, -0.1) is 0 Å². The average molecular weight is 260 g/mol. The molecule has 0 saturated heterocycles. The number of ketones is 1. The first-order chi connectivity index (χ1) is 9.20. The molecule has 1 aliphatic rings. The summed E-state index contributed by atoms with van der Waals surface area (Å²) in [6, 6.07) is 7.45. The zero-order chi connectivity index (χ0) is 13.7. The predicted octanol–water partition coefficient (Wildman–Crippen LogP) is 3.17. The quantitative estimate of drug-likeness (QED) is 0.781. The molecule has 3 heteroatoms. The van der Waals surface area contributed by atoms with Crippen LogP contribution in [0, 0.1) is 5.92 Å². The van der Waals surface area contributed by atoms with Crippen molar-refractivity contribution in [3.05, 3.63) is 35.4 Å². The van der Waals surface area contributed by atoms with E-state index in [1.54, 1.807) is 12.1 Å². The third-order valence-corrected chi connectivity index (χ3v) is 3.84. The minimum atomic E-state index is -0.311. The fourth-order valence-corrected chi connectivity index (χ4v) is 2.63. The normalized spacial score (nSPS) is 19.2. The molecule has 1 atom stereocenters. The van der Waals surface area contributed by atoms with Gasteiger partial charge in [0, 0.05) is 12.3 Å². The number of esters is 1. The number of Topliss-reactive ketones (excluding diaryl/α,β-unsaturated/α-hetero) is 1. The Morgan fingerprint density at radius 1 is 1.26 bits per heavy atom. The Morgan fingerprint density at radius 2 is 2.00 bits per heavy atom. The summed E-state index contributed by atoms with van der Waals surface area (Å²) < 4.78 is 4.66. The molecule has 0 aliphatic heterocycles. The van der Waals surface area contributed by atoms with Crippen molar-refractivity contribution in [2.75, 3.05) is 7.11 Å². The molecule has 1 fully saturated rings. The van der Waals surface area contributed by atoms with Gasteiger partial charge in [-0.05, 0) is 43.4 Å². The second kappa shape index (κ2) is 6.50. The van der Waals surface area contributed by atoms with Crippen LogP contribution in [0.3, 0.4) is 0 Å². The molecule has 1 aliphatic carbocycles. The van der Waals surface area contributed by atoms with Crippen LogP contribution in [0.15, 0.2) is 24.3 Å². The molecule has 3 nitrogen and oxygen atoms in total. The Balaban J connectivity index is 1.89. The minimum Gasteiger partial charge on any atom is -0.465 e. The van der Waals surface area contributed by atoms with Gasteiger partial charge in [0.1, 0.15) is 5.78 Å². The highest BCUT2D eigenvalue weighted by Crippen LogP contribution is 2.24. The molecule has 1 saturated carbocycles. The maximum atomic E-state index is 11.7. The van der Waals surface area contributed by atoms with Crippen molar-refractivity contribution in [1.82, 2.24) is 0 Å². The first-order valence-electron chi connectivity index (χ1n) is 6.90. The second-order valence-corrected chi connectivity index (χ2v) is 5.14. The summed E-state index contributed by atoms with van der Waals surface area (Å²) >= 11 is 0. The van der Waals surface area contributed by atoms with Gasteiger partial charge in [-0.2, -0.15) is 0 Å². The van der Waals surface area contributed by atoms with Gasteiger partial charge >= 0.3 is 5.97 Å². The van der Waals surface area contributed by atoms with E-state index in [2.05, 4.69) is 4.74 Å². The molecule has 19 heavy (non-hydrogen) atoms. The summed E-state index contributed by atoms with van der Waals surface area (Å²) in [5, 5.41) is 0. The summed E-state index contributed by atoms with van der Waals surface area (Å²) in [6.45, 7) is 0. The molecule has 0 bridgehead atoms. The lowest BCUT2D eigenvalue weighted by Gasteiger charge is -2.20. The van der Waals surface area contributed by atoms with Crippen molar-refractivity contribution in [1.29, 1.82) is 0 Å². The van der Waals surface area contributed by atoms with E-state index in [0.717, 1.165) is 32.1 Å². The molecule has 0 amide bonds. The lowest BCUT2D eigenvalue weighted by atomic mass is 9.84. The van der Waals surface area contributed by atoms with Crippen LogP contribution < -0.4 is 0 Å². The van der Waals surface area contributed by atoms with Gasteiger partial charge in [-0.25, -0.2) is 4.79 Å². The molecular weight excluding hydrogens is 240 g/mol. The Labute approximate surface area is 114 Å². The third kappa shape index (κ3) is 3.66. The molecule has 1 unspecified atom stereocenters. The van der Waals surface area contributed by atoms with Gasteiger partial charge in [-0.1, -0.05) is 18.6 Å². The van der Waals surface area contributed by atoms with Gasteiger partial charge in [0.15, 0.2) is 0 Å². The highest BCUT2D eigenvalue weighted by molar-refractivity contribution is 5.89. The topological polar surface area (TPSA) is 43.4 Å². The van der Waals surface area contributed by atoms with E-state index in [1.165, 1.54) is 19.1 Å². The number of benzene rings is 1. The standard InChI is InChI=1S/C16H20O3/c1-19-16(18)14-10-7-12(8-11-14)6-9-13-4-2-3-5-15(13)17/h7-8,10-11,13H,2-6,9H2,1H3. The van der Waals surface area contributed by atoms with Gasteiger partial charge < -0.3 is 4.74 Å². The van der Waals surface area contributed by atoms with E-state index in [1.807, 2.05) is 12.1 Å². The van der Waals surface area contributed by atoms with E-state index >= 15 is 0 Å². The second-order valence-electron chi connectivity index (χ2n) is 5.14. The van der Waals surface area contributed by atoms with E-state index < -0.39 is 0 Å². The van der Waals surface area contributed by atoms with E-state index in [9.17, 15) is 9.59 Å². The fourth-order valence-electron chi connectivity index (χ4n) is 2.63. The SMILES string of the molecule is COC(=O)c1ccc(CCC2CCCCC2=O)cc1. The summed E-state index contributed by atoms with van der Waals surface area (Å²) in [5.74, 6) is 0.362. The van der Waals surface area contributed by atoms with Crippen LogP contribution in [0.25, 0.3) is 0 Å². The number of carbonyl (C=O) groups excluding carboxylic acids is 2. The van der Waals surface area contributed by atoms with Gasteiger partial charge in [0.25, 0.3) is 0 Å². The van der Waals surface area contributed by atoms with Crippen molar-refractivity contribution in [3.8, 4) is 0 Å². The third-order valence-electron chi connectivity index (χ3n) is 3.84. The number of hydrogen-bond donors (Lipinski definition) is 0. The van der Waals surface area contributed by atoms with Crippen molar-refractivity contribution in [2.24, 2.45) is 5.92 Å². The summed E-state index contributed by atoms with van der Waals surface area (Å²) in [7, 11) is 1.38. The number of hydrogen-bond acceptors (Lipinski definition) is 3. The summed E-state index contributed by atoms with van der Waals surface area (Å²) in [6.07, 6.45) is 5.86. The number of rotatable bonds is 4. The summed E-state index contributed by atoms with van der Waals surface area (Å²) in [4.78, 5) is 23.0. The van der Waals surface area contributed by atoms with E-state index in [-0.39, 0.29) is 11.9 Å². The van der Waals surface area contributed by atoms with Gasteiger partial charge in [-0.3, -0.25) is 4.79 Å². The Hall–Kier alpha value is -1.64. The number of methoxy groups -OCH3 is 1. The zero-order valence-corrected chi connectivity index (χ0v) is 11.4. The van der Waals surface area contributed by atoms with Crippen LogP contribution in [0.2, 0.25) is 0 Å². The molecule has 0 heterocycles. The number of ether oxygens (including phenoxy) is 1. The smallest absolute Gasteiger partial charge is 0.337 e. The fraction of sp³-hybridized carbons (Fsp3) is 0.500. The van der Waals surface area contributed by atoms with Crippen LogP contribution in [-0.4, -0.2) is 18.9 Å². The Morgan fingerprint density at radius 3 is 2.63 bits per heavy atom. The van der Waals surface area contributed by atoms with Crippen molar-refractivity contribution >= 4 is 11.8 Å². The Bertz CT molecular complexity index is 448. The van der Waals surface area contributed by atoms with Crippen LogP contribution >= 0.6 is 0 Å². The lowest BCUT2D eigenvalue weighted by Crippen LogP contribution is -2.19. The minimum absolute atomic E-state index is 0.244. The number of aryl methyl sites for hydroxylation is 1. The average Bonchev–Trinajstić information content (AvgIpc) is 2.46. The first-order valence-corrected chi connectivity index (χ1v) is 6.90.